The van der Waals surface area contributed by atoms with E-state index in [9.17, 15) is 18.4 Å². The highest BCUT2D eigenvalue weighted by atomic mass is 19.2. The monoisotopic (exact) mass is 377 g/mol. The number of hydrogen-bond acceptors (Lipinski definition) is 4. The first-order valence-electron chi connectivity index (χ1n) is 8.18. The molecular formula is C19H21F2N3O3. The van der Waals surface area contributed by atoms with Crippen molar-refractivity contribution in [3.63, 3.8) is 0 Å². The summed E-state index contributed by atoms with van der Waals surface area (Å²) in [6.45, 7) is 1.62. The second-order valence-corrected chi connectivity index (χ2v) is 6.11. The molecule has 2 N–H and O–H groups in total. The number of rotatable bonds is 7. The molecule has 0 aliphatic heterocycles. The predicted octanol–water partition coefficient (Wildman–Crippen LogP) is 2.79. The fourth-order valence-electron chi connectivity index (χ4n) is 2.12. The third-order valence-corrected chi connectivity index (χ3v) is 3.63. The molecule has 0 fully saturated rings. The standard InChI is InChI=1S/C19H21F2N3O3/c1-12-4-7-16(17(8-12)27-11-19(26)24(2)3)22-10-18(25)23-13-5-6-14(20)15(21)9-13/h4-9,22H,10-11H2,1-3H3,(H,23,25). The van der Waals surface area contributed by atoms with Gasteiger partial charge in [-0.2, -0.15) is 0 Å². The van der Waals surface area contributed by atoms with Gasteiger partial charge < -0.3 is 20.3 Å². The Morgan fingerprint density at radius 3 is 2.48 bits per heavy atom. The zero-order valence-corrected chi connectivity index (χ0v) is 15.3. The molecule has 0 unspecified atom stereocenters. The minimum absolute atomic E-state index is 0.125. The fraction of sp³-hybridized carbons (Fsp3) is 0.263. The summed E-state index contributed by atoms with van der Waals surface area (Å²) in [5.41, 5.74) is 1.62. The highest BCUT2D eigenvalue weighted by molar-refractivity contribution is 5.94. The largest absolute Gasteiger partial charge is 0.482 e. The number of ether oxygens (including phenoxy) is 1. The molecule has 27 heavy (non-hydrogen) atoms. The van der Waals surface area contributed by atoms with Crippen LogP contribution in [0.3, 0.4) is 0 Å². The van der Waals surface area contributed by atoms with Gasteiger partial charge in [0.05, 0.1) is 12.2 Å². The summed E-state index contributed by atoms with van der Waals surface area (Å²) in [7, 11) is 3.26. The quantitative estimate of drug-likeness (QED) is 0.779. The number of carbonyl (C=O) groups excluding carboxylic acids is 2. The molecule has 6 nitrogen and oxygen atoms in total. The van der Waals surface area contributed by atoms with Gasteiger partial charge in [-0.25, -0.2) is 8.78 Å². The van der Waals surface area contributed by atoms with Crippen LogP contribution >= 0.6 is 0 Å². The Morgan fingerprint density at radius 2 is 1.81 bits per heavy atom. The first-order chi connectivity index (χ1) is 12.8. The Hall–Kier alpha value is -3.16. The van der Waals surface area contributed by atoms with E-state index in [0.29, 0.717) is 11.4 Å². The average molecular weight is 377 g/mol. The lowest BCUT2D eigenvalue weighted by molar-refractivity contribution is -0.130. The molecule has 0 heterocycles. The van der Waals surface area contributed by atoms with Crippen LogP contribution in [0.2, 0.25) is 0 Å². The molecule has 2 aromatic rings. The van der Waals surface area contributed by atoms with Crippen LogP contribution in [0.15, 0.2) is 36.4 Å². The lowest BCUT2D eigenvalue weighted by Crippen LogP contribution is -2.28. The molecule has 0 aliphatic rings. The number of amides is 2. The van der Waals surface area contributed by atoms with Crippen LogP contribution in [-0.4, -0.2) is 44.0 Å². The number of hydrogen-bond donors (Lipinski definition) is 2. The molecule has 2 rings (SSSR count). The van der Waals surface area contributed by atoms with Gasteiger partial charge in [0, 0.05) is 25.8 Å². The Morgan fingerprint density at radius 1 is 1.07 bits per heavy atom. The fourth-order valence-corrected chi connectivity index (χ4v) is 2.12. The van der Waals surface area contributed by atoms with Crippen LogP contribution in [0.1, 0.15) is 5.56 Å². The summed E-state index contributed by atoms with van der Waals surface area (Å²) < 4.78 is 31.7. The van der Waals surface area contributed by atoms with E-state index in [1.807, 2.05) is 13.0 Å². The summed E-state index contributed by atoms with van der Waals surface area (Å²) in [6.07, 6.45) is 0. The lowest BCUT2D eigenvalue weighted by Gasteiger charge is -2.15. The highest BCUT2D eigenvalue weighted by Crippen LogP contribution is 2.25. The molecule has 0 aromatic heterocycles. The smallest absolute Gasteiger partial charge is 0.259 e. The molecular weight excluding hydrogens is 356 g/mol. The number of carbonyl (C=O) groups is 2. The Balaban J connectivity index is 1.98. The van der Waals surface area contributed by atoms with E-state index in [4.69, 9.17) is 4.74 Å². The topological polar surface area (TPSA) is 70.7 Å². The molecule has 0 saturated heterocycles. The Kier molecular flexibility index (Phi) is 6.70. The van der Waals surface area contributed by atoms with Gasteiger partial charge in [-0.3, -0.25) is 9.59 Å². The van der Waals surface area contributed by atoms with Crippen molar-refractivity contribution < 1.29 is 23.1 Å². The number of anilines is 2. The summed E-state index contributed by atoms with van der Waals surface area (Å²) in [5.74, 6) is -2.23. The van der Waals surface area contributed by atoms with E-state index in [2.05, 4.69) is 10.6 Å². The number of halogens is 2. The second-order valence-electron chi connectivity index (χ2n) is 6.11. The number of benzene rings is 2. The zero-order chi connectivity index (χ0) is 20.0. The third kappa shape index (κ3) is 5.95. The van der Waals surface area contributed by atoms with E-state index in [1.54, 1.807) is 26.2 Å². The van der Waals surface area contributed by atoms with E-state index in [1.165, 1.54) is 11.0 Å². The summed E-state index contributed by atoms with van der Waals surface area (Å²) >= 11 is 0. The molecule has 0 atom stereocenters. The zero-order valence-electron chi connectivity index (χ0n) is 15.3. The summed E-state index contributed by atoms with van der Waals surface area (Å²) in [5, 5.41) is 5.38. The van der Waals surface area contributed by atoms with E-state index in [0.717, 1.165) is 17.7 Å². The molecule has 0 spiro atoms. The maximum absolute atomic E-state index is 13.2. The van der Waals surface area contributed by atoms with Crippen LogP contribution in [-0.2, 0) is 9.59 Å². The van der Waals surface area contributed by atoms with Crippen molar-refractivity contribution in [3.05, 3.63) is 53.6 Å². The molecule has 144 valence electrons. The van der Waals surface area contributed by atoms with Gasteiger partial charge in [-0.05, 0) is 36.8 Å². The maximum Gasteiger partial charge on any atom is 0.259 e. The minimum atomic E-state index is -1.04. The van der Waals surface area contributed by atoms with Crippen LogP contribution in [0.4, 0.5) is 20.2 Å². The van der Waals surface area contributed by atoms with Crippen molar-refractivity contribution in [3.8, 4) is 5.75 Å². The normalized spacial score (nSPS) is 10.3. The van der Waals surface area contributed by atoms with Crippen molar-refractivity contribution in [2.24, 2.45) is 0 Å². The van der Waals surface area contributed by atoms with Crippen molar-refractivity contribution in [2.75, 3.05) is 37.9 Å². The van der Waals surface area contributed by atoms with Gasteiger partial charge in [0.15, 0.2) is 18.2 Å². The van der Waals surface area contributed by atoms with Crippen molar-refractivity contribution >= 4 is 23.2 Å². The van der Waals surface area contributed by atoms with E-state index in [-0.39, 0.29) is 24.7 Å². The van der Waals surface area contributed by atoms with Crippen LogP contribution in [0, 0.1) is 18.6 Å². The number of aryl methyl sites for hydroxylation is 1. The Labute approximate surface area is 156 Å². The lowest BCUT2D eigenvalue weighted by atomic mass is 10.2. The molecule has 0 saturated carbocycles. The van der Waals surface area contributed by atoms with Gasteiger partial charge in [0.2, 0.25) is 5.91 Å². The third-order valence-electron chi connectivity index (χ3n) is 3.63. The molecule has 2 amide bonds. The van der Waals surface area contributed by atoms with Gasteiger partial charge in [0.1, 0.15) is 5.75 Å². The van der Waals surface area contributed by atoms with E-state index < -0.39 is 17.5 Å². The summed E-state index contributed by atoms with van der Waals surface area (Å²) in [4.78, 5) is 25.1. The van der Waals surface area contributed by atoms with Gasteiger partial charge >= 0.3 is 0 Å². The first-order valence-corrected chi connectivity index (χ1v) is 8.18. The number of nitrogens with zero attached hydrogens (tertiary/aromatic N) is 1. The second kappa shape index (κ2) is 8.98. The van der Waals surface area contributed by atoms with Crippen LogP contribution < -0.4 is 15.4 Å². The van der Waals surface area contributed by atoms with E-state index >= 15 is 0 Å². The average Bonchev–Trinajstić information content (AvgIpc) is 2.61. The van der Waals surface area contributed by atoms with Gasteiger partial charge in [0.25, 0.3) is 5.91 Å². The van der Waals surface area contributed by atoms with Gasteiger partial charge in [-0.1, -0.05) is 6.07 Å². The highest BCUT2D eigenvalue weighted by Gasteiger charge is 2.11. The molecule has 0 aliphatic carbocycles. The first kappa shape index (κ1) is 20.2. The number of nitrogens with one attached hydrogen (secondary N) is 2. The SMILES string of the molecule is Cc1ccc(NCC(=O)Nc2ccc(F)c(F)c2)c(OCC(=O)N(C)C)c1. The van der Waals surface area contributed by atoms with Gasteiger partial charge in [-0.15, -0.1) is 0 Å². The predicted molar refractivity (Wildman–Crippen MR) is 98.8 cm³/mol. The van der Waals surface area contributed by atoms with Crippen molar-refractivity contribution in [2.45, 2.75) is 6.92 Å². The minimum Gasteiger partial charge on any atom is -0.482 e. The van der Waals surface area contributed by atoms with Crippen molar-refractivity contribution in [1.82, 2.24) is 4.90 Å². The summed E-state index contributed by atoms with van der Waals surface area (Å²) in [6, 6.07) is 8.42. The molecule has 0 bridgehead atoms. The van der Waals surface area contributed by atoms with Crippen LogP contribution in [0.25, 0.3) is 0 Å². The van der Waals surface area contributed by atoms with Crippen molar-refractivity contribution in [1.29, 1.82) is 0 Å². The molecule has 0 radical (unpaired) electrons. The van der Waals surface area contributed by atoms with Crippen LogP contribution in [0.5, 0.6) is 5.75 Å². The maximum atomic E-state index is 13.2. The Bertz CT molecular complexity index is 841. The molecule has 8 heteroatoms. The number of likely N-dealkylation sites (N-methyl/N-ethyl adjacent to an activating group) is 1. The molecule has 2 aromatic carbocycles.